The van der Waals surface area contributed by atoms with Gasteiger partial charge in [0.2, 0.25) is 0 Å². The van der Waals surface area contributed by atoms with Crippen molar-refractivity contribution in [1.82, 2.24) is 10.2 Å². The first-order valence-corrected chi connectivity index (χ1v) is 6.23. The van der Waals surface area contributed by atoms with Crippen molar-refractivity contribution < 1.29 is 5.11 Å². The van der Waals surface area contributed by atoms with E-state index in [1.54, 1.807) is 0 Å². The summed E-state index contributed by atoms with van der Waals surface area (Å²) in [6.45, 7) is 5.47. The average molecular weight is 214 g/mol. The minimum atomic E-state index is 0.245. The third-order valence-electron chi connectivity index (χ3n) is 3.59. The molecule has 3 nitrogen and oxygen atoms in total. The number of likely N-dealkylation sites (N-methyl/N-ethyl adjacent to an activating group) is 1. The molecule has 1 rings (SSSR count). The summed E-state index contributed by atoms with van der Waals surface area (Å²) in [4.78, 5) is 2.47. The van der Waals surface area contributed by atoms with Crippen LogP contribution in [0.2, 0.25) is 0 Å². The first kappa shape index (κ1) is 12.9. The highest BCUT2D eigenvalue weighted by molar-refractivity contribution is 4.88. The van der Waals surface area contributed by atoms with Gasteiger partial charge in [-0.15, -0.1) is 0 Å². The molecule has 0 radical (unpaired) electrons. The largest absolute Gasteiger partial charge is 0.395 e. The van der Waals surface area contributed by atoms with Crippen LogP contribution in [0.15, 0.2) is 0 Å². The lowest BCUT2D eigenvalue weighted by Crippen LogP contribution is -2.52. The number of aliphatic hydroxyl groups is 1. The first-order chi connectivity index (χ1) is 7.16. The van der Waals surface area contributed by atoms with Crippen LogP contribution in [-0.2, 0) is 0 Å². The normalized spacial score (nSPS) is 27.6. The number of hydrogen-bond donors (Lipinski definition) is 2. The Hall–Kier alpha value is -0.120. The summed E-state index contributed by atoms with van der Waals surface area (Å²) in [5.41, 5.74) is 0. The summed E-state index contributed by atoms with van der Waals surface area (Å²) in [5, 5.41) is 12.3. The van der Waals surface area contributed by atoms with Gasteiger partial charge in [-0.1, -0.05) is 12.8 Å². The van der Waals surface area contributed by atoms with Crippen LogP contribution in [0.5, 0.6) is 0 Å². The van der Waals surface area contributed by atoms with Gasteiger partial charge in [-0.05, 0) is 33.7 Å². The van der Waals surface area contributed by atoms with Gasteiger partial charge < -0.3 is 10.4 Å². The molecule has 1 fully saturated rings. The summed E-state index contributed by atoms with van der Waals surface area (Å²) < 4.78 is 0. The van der Waals surface area contributed by atoms with Crippen LogP contribution < -0.4 is 5.32 Å². The molecule has 0 bridgehead atoms. The molecule has 1 saturated carbocycles. The van der Waals surface area contributed by atoms with Crippen LogP contribution >= 0.6 is 0 Å². The molecule has 2 N–H and O–H groups in total. The summed E-state index contributed by atoms with van der Waals surface area (Å²) in [6, 6.07) is 1.81. The van der Waals surface area contributed by atoms with Gasteiger partial charge in [-0.25, -0.2) is 0 Å². The molecule has 0 heterocycles. The van der Waals surface area contributed by atoms with Gasteiger partial charge in [0.25, 0.3) is 0 Å². The predicted molar refractivity (Wildman–Crippen MR) is 64.0 cm³/mol. The fraction of sp³-hybridized carbons (Fsp3) is 1.00. The minimum absolute atomic E-state index is 0.245. The lowest BCUT2D eigenvalue weighted by Gasteiger charge is -2.40. The number of rotatable bonds is 5. The van der Waals surface area contributed by atoms with Gasteiger partial charge in [0.05, 0.1) is 6.61 Å². The molecular formula is C12H26N2O. The van der Waals surface area contributed by atoms with E-state index in [1.165, 1.54) is 25.7 Å². The van der Waals surface area contributed by atoms with Crippen molar-refractivity contribution in [2.24, 2.45) is 0 Å². The molecule has 15 heavy (non-hydrogen) atoms. The Labute approximate surface area is 93.9 Å². The molecule has 1 aliphatic carbocycles. The predicted octanol–water partition coefficient (Wildman–Crippen LogP) is 1.22. The second-order valence-corrected chi connectivity index (χ2v) is 4.90. The van der Waals surface area contributed by atoms with E-state index in [-0.39, 0.29) is 6.61 Å². The smallest absolute Gasteiger partial charge is 0.0556 e. The second-order valence-electron chi connectivity index (χ2n) is 4.90. The number of nitrogens with one attached hydrogen (secondary N) is 1. The van der Waals surface area contributed by atoms with Gasteiger partial charge in [-0.2, -0.15) is 0 Å². The van der Waals surface area contributed by atoms with Crippen LogP contribution in [-0.4, -0.2) is 48.3 Å². The molecule has 0 aliphatic heterocycles. The number of aliphatic hydroxyl groups excluding tert-OH is 1. The van der Waals surface area contributed by atoms with Gasteiger partial charge in [0, 0.05) is 24.7 Å². The Morgan fingerprint density at radius 3 is 2.60 bits per heavy atom. The SMILES string of the molecule is CC(C)N(C)[C@H]1CCCC[C@@H]1NCCO. The zero-order valence-electron chi connectivity index (χ0n) is 10.4. The quantitative estimate of drug-likeness (QED) is 0.722. The molecule has 0 aromatic carbocycles. The van der Waals surface area contributed by atoms with Crippen molar-refractivity contribution in [1.29, 1.82) is 0 Å². The van der Waals surface area contributed by atoms with E-state index >= 15 is 0 Å². The average Bonchev–Trinajstić information content (AvgIpc) is 2.25. The minimum Gasteiger partial charge on any atom is -0.395 e. The summed E-state index contributed by atoms with van der Waals surface area (Å²) in [5.74, 6) is 0. The molecule has 0 aromatic rings. The molecule has 2 atom stereocenters. The fourth-order valence-electron chi connectivity index (χ4n) is 2.47. The van der Waals surface area contributed by atoms with E-state index in [4.69, 9.17) is 5.11 Å². The Balaban J connectivity index is 2.49. The zero-order valence-corrected chi connectivity index (χ0v) is 10.4. The molecule has 1 aliphatic rings. The van der Waals surface area contributed by atoms with Crippen LogP contribution in [0.3, 0.4) is 0 Å². The standard InChI is InChI=1S/C12H26N2O/c1-10(2)14(3)12-7-5-4-6-11(12)13-8-9-15/h10-13,15H,4-9H2,1-3H3/t11-,12-/m0/s1. The lowest BCUT2D eigenvalue weighted by atomic mass is 9.88. The molecular weight excluding hydrogens is 188 g/mol. The molecule has 90 valence electrons. The van der Waals surface area contributed by atoms with Crippen LogP contribution in [0.25, 0.3) is 0 Å². The zero-order chi connectivity index (χ0) is 11.3. The maximum atomic E-state index is 8.85. The third kappa shape index (κ3) is 3.74. The first-order valence-electron chi connectivity index (χ1n) is 6.23. The monoisotopic (exact) mass is 214 g/mol. The Kier molecular flexibility index (Phi) is 5.58. The molecule has 0 amide bonds. The van der Waals surface area contributed by atoms with Crippen LogP contribution in [0, 0.1) is 0 Å². The van der Waals surface area contributed by atoms with E-state index in [2.05, 4.69) is 31.1 Å². The Bertz CT molecular complexity index is 173. The summed E-state index contributed by atoms with van der Waals surface area (Å²) in [6.07, 6.45) is 5.21. The topological polar surface area (TPSA) is 35.5 Å². The second kappa shape index (κ2) is 6.46. The van der Waals surface area contributed by atoms with Crippen molar-refractivity contribution in [2.45, 2.75) is 57.7 Å². The Morgan fingerprint density at radius 2 is 2.00 bits per heavy atom. The van der Waals surface area contributed by atoms with E-state index < -0.39 is 0 Å². The Morgan fingerprint density at radius 1 is 1.33 bits per heavy atom. The summed E-state index contributed by atoms with van der Waals surface area (Å²) in [7, 11) is 2.22. The van der Waals surface area contributed by atoms with E-state index in [0.29, 0.717) is 18.1 Å². The van der Waals surface area contributed by atoms with Gasteiger partial charge in [0.15, 0.2) is 0 Å². The van der Waals surface area contributed by atoms with Crippen molar-refractivity contribution in [3.8, 4) is 0 Å². The van der Waals surface area contributed by atoms with E-state index in [1.807, 2.05) is 0 Å². The fourth-order valence-corrected chi connectivity index (χ4v) is 2.47. The summed E-state index contributed by atoms with van der Waals surface area (Å²) >= 11 is 0. The number of hydrogen-bond acceptors (Lipinski definition) is 3. The van der Waals surface area contributed by atoms with Crippen molar-refractivity contribution in [2.75, 3.05) is 20.2 Å². The molecule has 0 spiro atoms. The molecule has 0 unspecified atom stereocenters. The maximum Gasteiger partial charge on any atom is 0.0556 e. The molecule has 3 heteroatoms. The third-order valence-corrected chi connectivity index (χ3v) is 3.59. The van der Waals surface area contributed by atoms with Crippen LogP contribution in [0.4, 0.5) is 0 Å². The van der Waals surface area contributed by atoms with E-state index in [9.17, 15) is 0 Å². The van der Waals surface area contributed by atoms with Crippen molar-refractivity contribution in [3.05, 3.63) is 0 Å². The van der Waals surface area contributed by atoms with Gasteiger partial charge in [-0.3, -0.25) is 4.90 Å². The van der Waals surface area contributed by atoms with Crippen molar-refractivity contribution in [3.63, 3.8) is 0 Å². The highest BCUT2D eigenvalue weighted by atomic mass is 16.3. The van der Waals surface area contributed by atoms with E-state index in [0.717, 1.165) is 6.54 Å². The highest BCUT2D eigenvalue weighted by Crippen LogP contribution is 2.23. The van der Waals surface area contributed by atoms with Crippen molar-refractivity contribution >= 4 is 0 Å². The lowest BCUT2D eigenvalue weighted by molar-refractivity contribution is 0.117. The molecule has 0 aromatic heterocycles. The van der Waals surface area contributed by atoms with Gasteiger partial charge in [0.1, 0.15) is 0 Å². The maximum absolute atomic E-state index is 8.85. The van der Waals surface area contributed by atoms with Crippen LogP contribution in [0.1, 0.15) is 39.5 Å². The number of nitrogens with zero attached hydrogens (tertiary/aromatic N) is 1. The highest BCUT2D eigenvalue weighted by Gasteiger charge is 2.28. The van der Waals surface area contributed by atoms with Gasteiger partial charge >= 0.3 is 0 Å². The molecule has 0 saturated heterocycles.